The minimum Gasteiger partial charge on any atom is -0.299 e. The van der Waals surface area contributed by atoms with E-state index < -0.39 is 5.92 Å². The summed E-state index contributed by atoms with van der Waals surface area (Å²) in [4.78, 5) is 23.6. The number of ketones is 2. The largest absolute Gasteiger partial charge is 0.299 e. The van der Waals surface area contributed by atoms with Crippen LogP contribution in [0.4, 0.5) is 0 Å². The van der Waals surface area contributed by atoms with Crippen molar-refractivity contribution in [3.63, 3.8) is 0 Å². The van der Waals surface area contributed by atoms with Crippen LogP contribution in [0.25, 0.3) is 0 Å². The van der Waals surface area contributed by atoms with Gasteiger partial charge >= 0.3 is 0 Å². The Bertz CT molecular complexity index is 349. The number of benzene rings is 1. The van der Waals surface area contributed by atoms with Crippen LogP contribution in [0.15, 0.2) is 30.3 Å². The first-order valence-corrected chi connectivity index (χ1v) is 5.39. The van der Waals surface area contributed by atoms with Gasteiger partial charge in [-0.25, -0.2) is 0 Å². The first-order valence-electron chi connectivity index (χ1n) is 5.39. The summed E-state index contributed by atoms with van der Waals surface area (Å²) < 4.78 is 0. The number of hydrogen-bond acceptors (Lipinski definition) is 2. The topological polar surface area (TPSA) is 34.1 Å². The fourth-order valence-electron chi connectivity index (χ4n) is 2.08. The molecule has 1 aromatic carbocycles. The minimum atomic E-state index is -0.492. The van der Waals surface area contributed by atoms with Crippen LogP contribution >= 0.6 is 0 Å². The molecule has 0 heterocycles. The minimum absolute atomic E-state index is 0.0868. The molecule has 78 valence electrons. The molecule has 0 amide bonds. The van der Waals surface area contributed by atoms with Gasteiger partial charge in [0.1, 0.15) is 17.5 Å². The lowest BCUT2D eigenvalue weighted by Crippen LogP contribution is -2.19. The summed E-state index contributed by atoms with van der Waals surface area (Å²) in [7, 11) is 0. The Labute approximate surface area is 89.3 Å². The van der Waals surface area contributed by atoms with Gasteiger partial charge in [0.15, 0.2) is 0 Å². The van der Waals surface area contributed by atoms with Crippen LogP contribution in [0.3, 0.4) is 0 Å². The molecule has 0 N–H and O–H groups in total. The molecule has 1 aliphatic rings. The summed E-state index contributed by atoms with van der Waals surface area (Å²) in [6.07, 6.45) is 2.80. The van der Waals surface area contributed by atoms with Crippen molar-refractivity contribution in [1.29, 1.82) is 0 Å². The lowest BCUT2D eigenvalue weighted by Gasteiger charge is -2.11. The molecule has 15 heavy (non-hydrogen) atoms. The van der Waals surface area contributed by atoms with Crippen molar-refractivity contribution in [2.75, 3.05) is 0 Å². The predicted octanol–water partition coefficient (Wildman–Crippen LogP) is 2.48. The van der Waals surface area contributed by atoms with Crippen LogP contribution in [-0.2, 0) is 9.59 Å². The van der Waals surface area contributed by atoms with Gasteiger partial charge in [0.2, 0.25) is 0 Å². The monoisotopic (exact) mass is 202 g/mol. The molecule has 1 saturated carbocycles. The molecule has 0 aromatic heterocycles. The van der Waals surface area contributed by atoms with Crippen LogP contribution in [0.5, 0.6) is 0 Å². The summed E-state index contributed by atoms with van der Waals surface area (Å²) in [5.74, 6) is -0.318. The van der Waals surface area contributed by atoms with Gasteiger partial charge < -0.3 is 0 Å². The van der Waals surface area contributed by atoms with E-state index in [-0.39, 0.29) is 11.6 Å². The lowest BCUT2D eigenvalue weighted by molar-refractivity contribution is -0.128. The zero-order valence-corrected chi connectivity index (χ0v) is 8.61. The Morgan fingerprint density at radius 3 is 1.93 bits per heavy atom. The maximum Gasteiger partial charge on any atom is 0.147 e. The van der Waals surface area contributed by atoms with Crippen molar-refractivity contribution in [2.24, 2.45) is 0 Å². The Kier molecular flexibility index (Phi) is 2.95. The average molecular weight is 202 g/mol. The van der Waals surface area contributed by atoms with Crippen LogP contribution in [0, 0.1) is 0 Å². The molecule has 1 aliphatic carbocycles. The van der Waals surface area contributed by atoms with Gasteiger partial charge in [-0.05, 0) is 18.4 Å². The van der Waals surface area contributed by atoms with E-state index in [4.69, 9.17) is 0 Å². The smallest absolute Gasteiger partial charge is 0.147 e. The molecule has 0 unspecified atom stereocenters. The number of carbonyl (C=O) groups is 2. The Hall–Kier alpha value is -1.44. The number of rotatable bonds is 1. The van der Waals surface area contributed by atoms with Crippen LogP contribution in [0.1, 0.15) is 37.2 Å². The van der Waals surface area contributed by atoms with Crippen LogP contribution in [-0.4, -0.2) is 11.6 Å². The first-order chi connectivity index (χ1) is 7.29. The van der Waals surface area contributed by atoms with Gasteiger partial charge in [-0.15, -0.1) is 0 Å². The van der Waals surface area contributed by atoms with Gasteiger partial charge in [-0.2, -0.15) is 0 Å². The van der Waals surface area contributed by atoms with E-state index in [0.717, 1.165) is 18.4 Å². The summed E-state index contributed by atoms with van der Waals surface area (Å²) in [5, 5.41) is 0. The van der Waals surface area contributed by atoms with E-state index in [2.05, 4.69) is 0 Å². The van der Waals surface area contributed by atoms with Crippen molar-refractivity contribution in [1.82, 2.24) is 0 Å². The van der Waals surface area contributed by atoms with Crippen molar-refractivity contribution in [3.05, 3.63) is 35.9 Å². The fraction of sp³-hybridized carbons (Fsp3) is 0.385. The zero-order valence-electron chi connectivity index (χ0n) is 8.61. The van der Waals surface area contributed by atoms with E-state index >= 15 is 0 Å². The van der Waals surface area contributed by atoms with Crippen molar-refractivity contribution >= 4 is 11.6 Å². The third kappa shape index (κ3) is 2.14. The Morgan fingerprint density at radius 1 is 0.867 bits per heavy atom. The molecule has 1 aromatic rings. The Morgan fingerprint density at radius 2 is 1.40 bits per heavy atom. The molecule has 2 nitrogen and oxygen atoms in total. The highest BCUT2D eigenvalue weighted by Gasteiger charge is 2.29. The summed E-state index contributed by atoms with van der Waals surface area (Å²) in [6, 6.07) is 9.38. The number of Topliss-reactive ketones (excluding diaryl/α,β-unsaturated/α-hetero) is 2. The maximum absolute atomic E-state index is 11.8. The van der Waals surface area contributed by atoms with E-state index in [1.807, 2.05) is 30.3 Å². The van der Waals surface area contributed by atoms with E-state index in [9.17, 15) is 9.59 Å². The van der Waals surface area contributed by atoms with Crippen LogP contribution < -0.4 is 0 Å². The Balaban J connectivity index is 2.32. The summed E-state index contributed by atoms with van der Waals surface area (Å²) in [6.45, 7) is 0. The average Bonchev–Trinajstić information content (AvgIpc) is 2.41. The van der Waals surface area contributed by atoms with Crippen molar-refractivity contribution < 1.29 is 9.59 Å². The van der Waals surface area contributed by atoms with Gasteiger partial charge in [0.25, 0.3) is 0 Å². The van der Waals surface area contributed by atoms with Crippen LogP contribution in [0.2, 0.25) is 0 Å². The molecule has 0 atom stereocenters. The van der Waals surface area contributed by atoms with Gasteiger partial charge in [0.05, 0.1) is 0 Å². The number of hydrogen-bond donors (Lipinski definition) is 0. The van der Waals surface area contributed by atoms with Crippen molar-refractivity contribution in [2.45, 2.75) is 31.6 Å². The zero-order chi connectivity index (χ0) is 10.7. The molecular formula is C13H14O2. The molecule has 0 bridgehead atoms. The fourth-order valence-corrected chi connectivity index (χ4v) is 2.08. The number of carbonyl (C=O) groups excluding carboxylic acids is 2. The standard InChI is InChI=1S/C13H14O2/c14-11-8-4-5-9-12(15)13(11)10-6-2-1-3-7-10/h1-3,6-7,13H,4-5,8-9H2. The normalized spacial score (nSPS) is 18.9. The molecular weight excluding hydrogens is 188 g/mol. The SMILES string of the molecule is O=C1CCCCC(=O)C1c1ccccc1. The third-order valence-corrected chi connectivity index (χ3v) is 2.87. The van der Waals surface area contributed by atoms with E-state index in [1.54, 1.807) is 0 Å². The first kappa shape index (κ1) is 10.1. The highest BCUT2D eigenvalue weighted by Crippen LogP contribution is 2.25. The second kappa shape index (κ2) is 4.39. The molecule has 0 radical (unpaired) electrons. The van der Waals surface area contributed by atoms with E-state index in [0.29, 0.717) is 12.8 Å². The summed E-state index contributed by atoms with van der Waals surface area (Å²) in [5.41, 5.74) is 0.856. The van der Waals surface area contributed by atoms with Gasteiger partial charge in [-0.3, -0.25) is 9.59 Å². The molecule has 2 rings (SSSR count). The second-order valence-electron chi connectivity index (χ2n) is 3.98. The van der Waals surface area contributed by atoms with E-state index in [1.165, 1.54) is 0 Å². The highest BCUT2D eigenvalue weighted by atomic mass is 16.1. The molecule has 0 spiro atoms. The lowest BCUT2D eigenvalue weighted by atomic mass is 9.90. The van der Waals surface area contributed by atoms with Gasteiger partial charge in [-0.1, -0.05) is 30.3 Å². The maximum atomic E-state index is 11.8. The summed E-state index contributed by atoms with van der Waals surface area (Å²) >= 11 is 0. The van der Waals surface area contributed by atoms with Gasteiger partial charge in [0, 0.05) is 12.8 Å². The van der Waals surface area contributed by atoms with Crippen molar-refractivity contribution in [3.8, 4) is 0 Å². The second-order valence-corrected chi connectivity index (χ2v) is 3.98. The molecule has 2 heteroatoms. The quantitative estimate of drug-likeness (QED) is 0.518. The predicted molar refractivity (Wildman–Crippen MR) is 57.7 cm³/mol. The third-order valence-electron chi connectivity index (χ3n) is 2.87. The molecule has 0 saturated heterocycles. The molecule has 1 fully saturated rings. The highest BCUT2D eigenvalue weighted by molar-refractivity contribution is 6.08. The molecule has 0 aliphatic heterocycles.